The van der Waals surface area contributed by atoms with Crippen LogP contribution in [-0.2, 0) is 24.3 Å². The highest BCUT2D eigenvalue weighted by Crippen LogP contribution is 2.26. The van der Waals surface area contributed by atoms with Crippen LogP contribution in [0.15, 0.2) is 29.2 Å². The summed E-state index contributed by atoms with van der Waals surface area (Å²) in [5.41, 5.74) is 1.09. The number of rotatable bonds is 6. The number of carbonyl (C=O) groups is 2. The summed E-state index contributed by atoms with van der Waals surface area (Å²) in [6.07, 6.45) is 4.21. The van der Waals surface area contributed by atoms with Crippen molar-refractivity contribution in [2.45, 2.75) is 76.2 Å². The molecule has 0 aromatic heterocycles. The second kappa shape index (κ2) is 10.8. The first kappa shape index (κ1) is 24.7. The van der Waals surface area contributed by atoms with Gasteiger partial charge in [0.25, 0.3) is 5.91 Å². The van der Waals surface area contributed by atoms with Gasteiger partial charge in [0.15, 0.2) is 6.10 Å². The Balaban J connectivity index is 1.53. The van der Waals surface area contributed by atoms with Crippen molar-refractivity contribution in [1.82, 2.24) is 9.21 Å². The number of amides is 1. The molecule has 2 aliphatic heterocycles. The van der Waals surface area contributed by atoms with Crippen molar-refractivity contribution in [2.75, 3.05) is 26.2 Å². The van der Waals surface area contributed by atoms with E-state index in [-0.39, 0.29) is 29.8 Å². The van der Waals surface area contributed by atoms with Gasteiger partial charge in [-0.1, -0.05) is 38.8 Å². The van der Waals surface area contributed by atoms with Crippen molar-refractivity contribution < 1.29 is 22.7 Å². The third-order valence-corrected chi connectivity index (χ3v) is 8.44. The van der Waals surface area contributed by atoms with Gasteiger partial charge >= 0.3 is 5.97 Å². The molecular formula is C24H36N2O5S. The van der Waals surface area contributed by atoms with E-state index in [1.54, 1.807) is 24.0 Å². The van der Waals surface area contributed by atoms with E-state index < -0.39 is 22.1 Å². The molecule has 1 atom stereocenters. The molecule has 2 fully saturated rings. The number of ether oxygens (including phenoxy) is 1. The second-order valence-corrected chi connectivity index (χ2v) is 11.2. The lowest BCUT2D eigenvalue weighted by Gasteiger charge is -2.31. The molecule has 0 aliphatic carbocycles. The fraction of sp³-hybridized carbons (Fsp3) is 0.667. The van der Waals surface area contributed by atoms with E-state index in [0.29, 0.717) is 18.8 Å². The third-order valence-electron chi connectivity index (χ3n) is 6.53. The first-order valence-electron chi connectivity index (χ1n) is 11.8. The van der Waals surface area contributed by atoms with E-state index in [4.69, 9.17) is 4.74 Å². The lowest BCUT2D eigenvalue weighted by atomic mass is 9.98. The summed E-state index contributed by atoms with van der Waals surface area (Å²) in [6.45, 7) is 7.73. The van der Waals surface area contributed by atoms with Crippen LogP contribution in [-0.4, -0.2) is 61.8 Å². The van der Waals surface area contributed by atoms with Gasteiger partial charge in [-0.25, -0.2) is 8.42 Å². The molecule has 8 heteroatoms. The van der Waals surface area contributed by atoms with Crippen molar-refractivity contribution in [3.05, 3.63) is 29.8 Å². The Hall–Kier alpha value is -1.93. The number of sulfonamides is 1. The van der Waals surface area contributed by atoms with Crippen LogP contribution in [0.3, 0.4) is 0 Å². The van der Waals surface area contributed by atoms with Crippen molar-refractivity contribution in [3.63, 3.8) is 0 Å². The maximum atomic E-state index is 13.0. The summed E-state index contributed by atoms with van der Waals surface area (Å²) in [5.74, 6) is -0.588. The normalized spacial score (nSPS) is 20.1. The summed E-state index contributed by atoms with van der Waals surface area (Å²) in [7, 11) is -3.59. The molecule has 0 radical (unpaired) electrons. The van der Waals surface area contributed by atoms with Crippen molar-refractivity contribution in [1.29, 1.82) is 0 Å². The second-order valence-electron chi connectivity index (χ2n) is 9.22. The SMILES string of the molecule is CC(OC(=O)C1CCN(S(=O)(=O)c2ccc(C(C)C)cc2)CC1)C(=O)N1CCCCCC1. The van der Waals surface area contributed by atoms with Crippen molar-refractivity contribution in [3.8, 4) is 0 Å². The monoisotopic (exact) mass is 464 g/mol. The minimum atomic E-state index is -3.59. The highest BCUT2D eigenvalue weighted by atomic mass is 32.2. The summed E-state index contributed by atoms with van der Waals surface area (Å²) in [5, 5.41) is 0. The van der Waals surface area contributed by atoms with Gasteiger partial charge in [-0.05, 0) is 56.2 Å². The summed E-state index contributed by atoms with van der Waals surface area (Å²) in [4.78, 5) is 27.3. The predicted octanol–water partition coefficient (Wildman–Crippen LogP) is 3.55. The summed E-state index contributed by atoms with van der Waals surface area (Å²) >= 11 is 0. The van der Waals surface area contributed by atoms with Gasteiger partial charge < -0.3 is 9.64 Å². The molecule has 32 heavy (non-hydrogen) atoms. The Bertz CT molecular complexity index is 881. The Morgan fingerprint density at radius 3 is 2.00 bits per heavy atom. The maximum Gasteiger partial charge on any atom is 0.309 e. The van der Waals surface area contributed by atoms with Gasteiger partial charge in [-0.2, -0.15) is 4.31 Å². The Kier molecular flexibility index (Phi) is 8.33. The van der Waals surface area contributed by atoms with Crippen LogP contribution in [0.4, 0.5) is 0 Å². The minimum Gasteiger partial charge on any atom is -0.452 e. The molecule has 2 heterocycles. The number of hydrogen-bond acceptors (Lipinski definition) is 5. The summed E-state index contributed by atoms with van der Waals surface area (Å²) in [6, 6.07) is 7.01. The smallest absolute Gasteiger partial charge is 0.309 e. The van der Waals surface area contributed by atoms with E-state index in [0.717, 1.165) is 44.3 Å². The molecular weight excluding hydrogens is 428 g/mol. The molecule has 0 saturated carbocycles. The van der Waals surface area contributed by atoms with Crippen LogP contribution in [0.25, 0.3) is 0 Å². The van der Waals surface area contributed by atoms with Crippen LogP contribution >= 0.6 is 0 Å². The molecule has 1 aromatic carbocycles. The van der Waals surface area contributed by atoms with Crippen LogP contribution in [0, 0.1) is 5.92 Å². The van der Waals surface area contributed by atoms with Crippen LogP contribution in [0.1, 0.15) is 70.8 Å². The number of likely N-dealkylation sites (tertiary alicyclic amines) is 1. The zero-order valence-corrected chi connectivity index (χ0v) is 20.3. The number of carbonyl (C=O) groups excluding carboxylic acids is 2. The Morgan fingerprint density at radius 2 is 1.47 bits per heavy atom. The number of esters is 1. The Labute approximate surface area is 192 Å². The van der Waals surface area contributed by atoms with Gasteiger partial charge in [-0.3, -0.25) is 9.59 Å². The molecule has 178 valence electrons. The van der Waals surface area contributed by atoms with Gasteiger partial charge in [0.05, 0.1) is 10.8 Å². The zero-order chi connectivity index (χ0) is 23.3. The number of benzene rings is 1. The molecule has 3 rings (SSSR count). The maximum absolute atomic E-state index is 13.0. The van der Waals surface area contributed by atoms with Gasteiger partial charge in [0.2, 0.25) is 10.0 Å². The average Bonchev–Trinajstić information content (AvgIpc) is 3.08. The van der Waals surface area contributed by atoms with E-state index in [9.17, 15) is 18.0 Å². The predicted molar refractivity (Wildman–Crippen MR) is 123 cm³/mol. The number of piperidine rings is 1. The number of nitrogens with zero attached hydrogens (tertiary/aromatic N) is 2. The van der Waals surface area contributed by atoms with Gasteiger partial charge in [-0.15, -0.1) is 0 Å². The molecule has 2 saturated heterocycles. The third kappa shape index (κ3) is 5.90. The molecule has 0 N–H and O–H groups in total. The first-order valence-corrected chi connectivity index (χ1v) is 13.2. The van der Waals surface area contributed by atoms with E-state index in [1.807, 2.05) is 12.1 Å². The minimum absolute atomic E-state index is 0.134. The molecule has 2 aliphatic rings. The molecule has 1 amide bonds. The van der Waals surface area contributed by atoms with Gasteiger partial charge in [0.1, 0.15) is 0 Å². The Morgan fingerprint density at radius 1 is 0.906 bits per heavy atom. The van der Waals surface area contributed by atoms with Crippen LogP contribution in [0.2, 0.25) is 0 Å². The fourth-order valence-electron chi connectivity index (χ4n) is 4.37. The number of hydrogen-bond donors (Lipinski definition) is 0. The van der Waals surface area contributed by atoms with E-state index in [2.05, 4.69) is 13.8 Å². The highest BCUT2D eigenvalue weighted by molar-refractivity contribution is 7.89. The molecule has 0 bridgehead atoms. The van der Waals surface area contributed by atoms with E-state index in [1.165, 1.54) is 4.31 Å². The zero-order valence-electron chi connectivity index (χ0n) is 19.5. The van der Waals surface area contributed by atoms with Crippen molar-refractivity contribution >= 4 is 21.9 Å². The molecule has 1 aromatic rings. The van der Waals surface area contributed by atoms with Crippen LogP contribution in [0.5, 0.6) is 0 Å². The lowest BCUT2D eigenvalue weighted by Crippen LogP contribution is -2.43. The molecule has 1 unspecified atom stereocenters. The largest absolute Gasteiger partial charge is 0.452 e. The topological polar surface area (TPSA) is 84.0 Å². The quantitative estimate of drug-likeness (QED) is 0.601. The van der Waals surface area contributed by atoms with Crippen LogP contribution < -0.4 is 0 Å². The molecule has 7 nitrogen and oxygen atoms in total. The lowest BCUT2D eigenvalue weighted by molar-refractivity contribution is -0.163. The fourth-order valence-corrected chi connectivity index (χ4v) is 5.84. The highest BCUT2D eigenvalue weighted by Gasteiger charge is 2.34. The average molecular weight is 465 g/mol. The molecule has 0 spiro atoms. The van der Waals surface area contributed by atoms with Gasteiger partial charge in [0, 0.05) is 26.2 Å². The first-order chi connectivity index (χ1) is 15.2. The van der Waals surface area contributed by atoms with E-state index >= 15 is 0 Å². The van der Waals surface area contributed by atoms with Crippen molar-refractivity contribution in [2.24, 2.45) is 5.92 Å². The standard InChI is InChI=1S/C24H36N2O5S/c1-18(2)20-8-10-22(11-9-20)32(29,30)26-16-12-21(13-17-26)24(28)31-19(3)23(27)25-14-6-4-5-7-15-25/h8-11,18-19,21H,4-7,12-17H2,1-3H3. The summed E-state index contributed by atoms with van der Waals surface area (Å²) < 4.78 is 32.9.